The lowest BCUT2D eigenvalue weighted by Crippen LogP contribution is -1.78. The molecule has 0 heterocycles. The van der Waals surface area contributed by atoms with Crippen LogP contribution in [0.3, 0.4) is 0 Å². The Labute approximate surface area is 107 Å². The number of aryl methyl sites for hydroxylation is 3. The summed E-state index contributed by atoms with van der Waals surface area (Å²) < 4.78 is 0. The number of hydrogen-bond acceptors (Lipinski definition) is 3. The largest absolute Gasteiger partial charge is 0.505 e. The molecule has 0 atom stereocenters. The van der Waals surface area contributed by atoms with E-state index in [2.05, 4.69) is 10.2 Å². The predicted octanol–water partition coefficient (Wildman–Crippen LogP) is 4.73. The minimum absolute atomic E-state index is 0.191. The molecule has 0 saturated carbocycles. The summed E-state index contributed by atoms with van der Waals surface area (Å²) in [6.45, 7) is 5.85. The molecule has 0 aliphatic heterocycles. The summed E-state index contributed by atoms with van der Waals surface area (Å²) in [5.41, 5.74) is 4.34. The lowest BCUT2D eigenvalue weighted by Gasteiger charge is -2.03. The highest BCUT2D eigenvalue weighted by Crippen LogP contribution is 2.32. The molecule has 0 aliphatic carbocycles. The Kier molecular flexibility index (Phi) is 3.42. The minimum Gasteiger partial charge on any atom is -0.505 e. The number of nitrogens with zero attached hydrogens (tertiary/aromatic N) is 2. The van der Waals surface area contributed by atoms with E-state index in [1.165, 1.54) is 5.56 Å². The molecule has 3 nitrogen and oxygen atoms in total. The Balaban J connectivity index is 2.31. The molecule has 0 aromatic heterocycles. The Morgan fingerprint density at radius 3 is 2.17 bits per heavy atom. The topological polar surface area (TPSA) is 45.0 Å². The average molecular weight is 240 g/mol. The summed E-state index contributed by atoms with van der Waals surface area (Å²) in [5, 5.41) is 18.1. The molecule has 2 aromatic rings. The van der Waals surface area contributed by atoms with Gasteiger partial charge >= 0.3 is 0 Å². The first-order chi connectivity index (χ1) is 8.56. The molecule has 3 heteroatoms. The van der Waals surface area contributed by atoms with Gasteiger partial charge in [-0.3, -0.25) is 0 Å². The Morgan fingerprint density at radius 1 is 0.833 bits per heavy atom. The van der Waals surface area contributed by atoms with E-state index in [4.69, 9.17) is 0 Å². The van der Waals surface area contributed by atoms with E-state index in [-0.39, 0.29) is 5.75 Å². The van der Waals surface area contributed by atoms with Crippen molar-refractivity contribution in [1.82, 2.24) is 0 Å². The van der Waals surface area contributed by atoms with Gasteiger partial charge in [0.15, 0.2) is 0 Å². The second-order valence-electron chi connectivity index (χ2n) is 4.49. The lowest BCUT2D eigenvalue weighted by molar-refractivity contribution is 0.472. The van der Waals surface area contributed by atoms with Crippen molar-refractivity contribution in [1.29, 1.82) is 0 Å². The van der Waals surface area contributed by atoms with Crippen LogP contribution in [-0.4, -0.2) is 5.11 Å². The molecule has 1 N–H and O–H groups in total. The SMILES string of the molecule is Cc1ccc(N=Nc2cc(C)cc(C)c2O)cc1. The van der Waals surface area contributed by atoms with Crippen LogP contribution in [0.2, 0.25) is 0 Å². The third-order valence-electron chi connectivity index (χ3n) is 2.73. The number of hydrogen-bond donors (Lipinski definition) is 1. The number of rotatable bonds is 2. The molecule has 18 heavy (non-hydrogen) atoms. The van der Waals surface area contributed by atoms with Gasteiger partial charge in [-0.25, -0.2) is 0 Å². The smallest absolute Gasteiger partial charge is 0.146 e. The van der Waals surface area contributed by atoms with Crippen molar-refractivity contribution in [2.24, 2.45) is 10.2 Å². The van der Waals surface area contributed by atoms with Crippen LogP contribution in [0.15, 0.2) is 46.6 Å². The molecular formula is C15H16N2O. The van der Waals surface area contributed by atoms with Gasteiger partial charge in [-0.1, -0.05) is 23.8 Å². The summed E-state index contributed by atoms with van der Waals surface area (Å²) in [6, 6.07) is 11.5. The fourth-order valence-corrected chi connectivity index (χ4v) is 1.74. The fraction of sp³-hybridized carbons (Fsp3) is 0.200. The number of aromatic hydroxyl groups is 1. The van der Waals surface area contributed by atoms with Gasteiger partial charge in [0.1, 0.15) is 11.4 Å². The Bertz CT molecular complexity index is 586. The molecule has 2 aromatic carbocycles. The minimum atomic E-state index is 0.191. The molecule has 0 radical (unpaired) electrons. The van der Waals surface area contributed by atoms with E-state index >= 15 is 0 Å². The zero-order valence-electron chi connectivity index (χ0n) is 10.8. The number of azo groups is 1. The number of phenols is 1. The summed E-state index contributed by atoms with van der Waals surface area (Å²) >= 11 is 0. The van der Waals surface area contributed by atoms with E-state index in [1.807, 2.05) is 57.2 Å². The van der Waals surface area contributed by atoms with Crippen LogP contribution in [0.1, 0.15) is 16.7 Å². The monoisotopic (exact) mass is 240 g/mol. The highest BCUT2D eigenvalue weighted by Gasteiger charge is 2.04. The van der Waals surface area contributed by atoms with Crippen LogP contribution in [0.4, 0.5) is 11.4 Å². The molecule has 92 valence electrons. The first kappa shape index (κ1) is 12.3. The molecular weight excluding hydrogens is 224 g/mol. The van der Waals surface area contributed by atoms with Gasteiger partial charge in [0.25, 0.3) is 0 Å². The van der Waals surface area contributed by atoms with E-state index in [0.29, 0.717) is 5.69 Å². The summed E-state index contributed by atoms with van der Waals surface area (Å²) in [5.74, 6) is 0.191. The normalized spacial score (nSPS) is 11.1. The standard InChI is InChI=1S/C15H16N2O/c1-10-4-6-13(7-5-10)16-17-14-9-11(2)8-12(3)15(14)18/h4-9,18H,1-3H3. The zero-order valence-corrected chi connectivity index (χ0v) is 10.8. The maximum absolute atomic E-state index is 9.89. The number of phenolic OH excluding ortho intramolecular Hbond substituents is 1. The molecule has 0 bridgehead atoms. The van der Waals surface area contributed by atoms with Crippen molar-refractivity contribution < 1.29 is 5.11 Å². The molecule has 0 fully saturated rings. The van der Waals surface area contributed by atoms with Gasteiger partial charge in [-0.15, -0.1) is 5.11 Å². The average Bonchev–Trinajstić information content (AvgIpc) is 2.34. The summed E-state index contributed by atoms with van der Waals surface area (Å²) in [4.78, 5) is 0. The van der Waals surface area contributed by atoms with E-state index in [1.54, 1.807) is 0 Å². The van der Waals surface area contributed by atoms with Crippen LogP contribution in [0.5, 0.6) is 5.75 Å². The van der Waals surface area contributed by atoms with E-state index in [9.17, 15) is 5.11 Å². The van der Waals surface area contributed by atoms with Gasteiger partial charge in [0.05, 0.1) is 5.69 Å². The fourth-order valence-electron chi connectivity index (χ4n) is 1.74. The predicted molar refractivity (Wildman–Crippen MR) is 72.9 cm³/mol. The maximum atomic E-state index is 9.89. The highest BCUT2D eigenvalue weighted by atomic mass is 16.3. The second kappa shape index (κ2) is 5.00. The first-order valence-electron chi connectivity index (χ1n) is 5.85. The van der Waals surface area contributed by atoms with Crippen molar-refractivity contribution in [3.63, 3.8) is 0 Å². The third kappa shape index (κ3) is 2.74. The van der Waals surface area contributed by atoms with Crippen LogP contribution >= 0.6 is 0 Å². The zero-order chi connectivity index (χ0) is 13.1. The van der Waals surface area contributed by atoms with Gasteiger partial charge in [-0.05, 0) is 50.1 Å². The van der Waals surface area contributed by atoms with Crippen molar-refractivity contribution in [3.8, 4) is 5.75 Å². The van der Waals surface area contributed by atoms with E-state index in [0.717, 1.165) is 16.8 Å². The lowest BCUT2D eigenvalue weighted by atomic mass is 10.1. The Morgan fingerprint density at radius 2 is 1.50 bits per heavy atom. The van der Waals surface area contributed by atoms with Crippen LogP contribution in [0, 0.1) is 20.8 Å². The summed E-state index contributed by atoms with van der Waals surface area (Å²) in [6.07, 6.45) is 0. The van der Waals surface area contributed by atoms with Crippen molar-refractivity contribution in [2.75, 3.05) is 0 Å². The van der Waals surface area contributed by atoms with Crippen LogP contribution in [-0.2, 0) is 0 Å². The van der Waals surface area contributed by atoms with Crippen LogP contribution < -0.4 is 0 Å². The van der Waals surface area contributed by atoms with Gasteiger partial charge < -0.3 is 5.11 Å². The quantitative estimate of drug-likeness (QED) is 0.757. The van der Waals surface area contributed by atoms with Gasteiger partial charge in [-0.2, -0.15) is 5.11 Å². The highest BCUT2D eigenvalue weighted by molar-refractivity contribution is 5.56. The molecule has 0 unspecified atom stereocenters. The maximum Gasteiger partial charge on any atom is 0.146 e. The first-order valence-corrected chi connectivity index (χ1v) is 5.85. The van der Waals surface area contributed by atoms with E-state index < -0.39 is 0 Å². The molecule has 0 spiro atoms. The Hall–Kier alpha value is -2.16. The van der Waals surface area contributed by atoms with Gasteiger partial charge in [0.2, 0.25) is 0 Å². The second-order valence-corrected chi connectivity index (χ2v) is 4.49. The summed E-state index contributed by atoms with van der Waals surface area (Å²) in [7, 11) is 0. The molecule has 2 rings (SSSR count). The molecule has 0 amide bonds. The molecule has 0 saturated heterocycles. The van der Waals surface area contributed by atoms with Crippen molar-refractivity contribution in [2.45, 2.75) is 20.8 Å². The number of benzene rings is 2. The van der Waals surface area contributed by atoms with Gasteiger partial charge in [0, 0.05) is 0 Å². The third-order valence-corrected chi connectivity index (χ3v) is 2.73. The van der Waals surface area contributed by atoms with Crippen molar-refractivity contribution >= 4 is 11.4 Å². The van der Waals surface area contributed by atoms with Crippen molar-refractivity contribution in [3.05, 3.63) is 53.1 Å². The van der Waals surface area contributed by atoms with Crippen LogP contribution in [0.25, 0.3) is 0 Å². The molecule has 0 aliphatic rings.